The van der Waals surface area contributed by atoms with Crippen LogP contribution in [0.5, 0.6) is 0 Å². The third-order valence-electron chi connectivity index (χ3n) is 3.14. The highest BCUT2D eigenvalue weighted by Crippen LogP contribution is 2.26. The lowest BCUT2D eigenvalue weighted by Crippen LogP contribution is -2.17. The van der Waals surface area contributed by atoms with Gasteiger partial charge in [0.15, 0.2) is 0 Å². The topological polar surface area (TPSA) is 12.0 Å². The SMILES string of the molecule is CCNC(C)c1cccc(-c2ccc(F)cc2F)c1. The van der Waals surface area contributed by atoms with Gasteiger partial charge < -0.3 is 5.32 Å². The second-order valence-electron chi connectivity index (χ2n) is 4.53. The van der Waals surface area contributed by atoms with E-state index in [4.69, 9.17) is 0 Å². The smallest absolute Gasteiger partial charge is 0.133 e. The normalized spacial score (nSPS) is 12.4. The maximum absolute atomic E-state index is 13.8. The Bertz CT molecular complexity index is 566. The molecule has 0 aliphatic heterocycles. The Balaban J connectivity index is 2.37. The standard InChI is InChI=1S/C16H17F2N/c1-3-19-11(2)12-5-4-6-13(9-12)15-8-7-14(17)10-16(15)18/h4-11,19H,3H2,1-2H3. The summed E-state index contributed by atoms with van der Waals surface area (Å²) in [6.45, 7) is 4.97. The van der Waals surface area contributed by atoms with Crippen molar-refractivity contribution in [2.24, 2.45) is 0 Å². The van der Waals surface area contributed by atoms with Gasteiger partial charge in [0.1, 0.15) is 11.6 Å². The van der Waals surface area contributed by atoms with Gasteiger partial charge in [-0.25, -0.2) is 8.78 Å². The lowest BCUT2D eigenvalue weighted by molar-refractivity contribution is 0.585. The molecule has 0 amide bonds. The summed E-state index contributed by atoms with van der Waals surface area (Å²) >= 11 is 0. The summed E-state index contributed by atoms with van der Waals surface area (Å²) in [5, 5.41) is 3.31. The van der Waals surface area contributed by atoms with Crippen LogP contribution in [0.1, 0.15) is 25.5 Å². The molecule has 0 aliphatic carbocycles. The summed E-state index contributed by atoms with van der Waals surface area (Å²) in [5.74, 6) is -1.09. The maximum Gasteiger partial charge on any atom is 0.133 e. The van der Waals surface area contributed by atoms with E-state index in [0.717, 1.165) is 23.7 Å². The molecule has 0 bridgehead atoms. The predicted octanol–water partition coefficient (Wildman–Crippen LogP) is 4.30. The fourth-order valence-corrected chi connectivity index (χ4v) is 2.12. The van der Waals surface area contributed by atoms with E-state index in [-0.39, 0.29) is 6.04 Å². The number of hydrogen-bond acceptors (Lipinski definition) is 1. The van der Waals surface area contributed by atoms with Gasteiger partial charge in [0.2, 0.25) is 0 Å². The zero-order chi connectivity index (χ0) is 13.8. The predicted molar refractivity (Wildman–Crippen MR) is 73.9 cm³/mol. The molecule has 0 fully saturated rings. The Morgan fingerprint density at radius 1 is 1.11 bits per heavy atom. The van der Waals surface area contributed by atoms with Crippen LogP contribution in [0.4, 0.5) is 8.78 Å². The molecular formula is C16H17F2N. The van der Waals surface area contributed by atoms with Gasteiger partial charge in [-0.1, -0.05) is 25.1 Å². The third-order valence-corrected chi connectivity index (χ3v) is 3.14. The van der Waals surface area contributed by atoms with Crippen molar-refractivity contribution >= 4 is 0 Å². The highest BCUT2D eigenvalue weighted by Gasteiger charge is 2.09. The molecule has 0 saturated carbocycles. The van der Waals surface area contributed by atoms with Crippen molar-refractivity contribution in [3.63, 3.8) is 0 Å². The number of rotatable bonds is 4. The van der Waals surface area contributed by atoms with Gasteiger partial charge in [0.25, 0.3) is 0 Å². The Hall–Kier alpha value is -1.74. The minimum Gasteiger partial charge on any atom is -0.310 e. The summed E-state index contributed by atoms with van der Waals surface area (Å²) in [4.78, 5) is 0. The Morgan fingerprint density at radius 3 is 2.58 bits per heavy atom. The second kappa shape index (κ2) is 5.93. The molecule has 2 aromatic carbocycles. The van der Waals surface area contributed by atoms with Gasteiger partial charge in [-0.15, -0.1) is 0 Å². The summed E-state index contributed by atoms with van der Waals surface area (Å²) < 4.78 is 26.7. The van der Waals surface area contributed by atoms with Crippen molar-refractivity contribution in [1.29, 1.82) is 0 Å². The van der Waals surface area contributed by atoms with E-state index in [1.165, 1.54) is 12.1 Å². The zero-order valence-corrected chi connectivity index (χ0v) is 11.1. The first-order chi connectivity index (χ1) is 9.11. The minimum absolute atomic E-state index is 0.202. The second-order valence-corrected chi connectivity index (χ2v) is 4.53. The fraction of sp³-hybridized carbons (Fsp3) is 0.250. The average Bonchev–Trinajstić information content (AvgIpc) is 2.39. The zero-order valence-electron chi connectivity index (χ0n) is 11.1. The van der Waals surface area contributed by atoms with Crippen LogP contribution in [0.25, 0.3) is 11.1 Å². The Kier molecular flexibility index (Phi) is 4.27. The molecule has 100 valence electrons. The van der Waals surface area contributed by atoms with Crippen LogP contribution in [0.2, 0.25) is 0 Å². The van der Waals surface area contributed by atoms with Crippen molar-refractivity contribution in [1.82, 2.24) is 5.32 Å². The molecule has 0 radical (unpaired) electrons. The molecule has 0 aromatic heterocycles. The van der Waals surface area contributed by atoms with Gasteiger partial charge in [-0.3, -0.25) is 0 Å². The van der Waals surface area contributed by atoms with Crippen LogP contribution in [0, 0.1) is 11.6 Å². The lowest BCUT2D eigenvalue weighted by Gasteiger charge is -2.14. The van der Waals surface area contributed by atoms with Crippen molar-refractivity contribution in [2.45, 2.75) is 19.9 Å². The summed E-state index contributed by atoms with van der Waals surface area (Å²) in [6.07, 6.45) is 0. The van der Waals surface area contributed by atoms with Crippen molar-refractivity contribution in [3.8, 4) is 11.1 Å². The molecule has 2 rings (SSSR count). The van der Waals surface area contributed by atoms with Crippen LogP contribution in [0.3, 0.4) is 0 Å². The first-order valence-electron chi connectivity index (χ1n) is 6.40. The quantitative estimate of drug-likeness (QED) is 0.865. The number of halogens is 2. The summed E-state index contributed by atoms with van der Waals surface area (Å²) in [7, 11) is 0. The molecule has 0 aliphatic rings. The molecule has 0 spiro atoms. The van der Waals surface area contributed by atoms with E-state index in [1.54, 1.807) is 0 Å². The third kappa shape index (κ3) is 3.18. The van der Waals surface area contributed by atoms with E-state index in [2.05, 4.69) is 12.2 Å². The van der Waals surface area contributed by atoms with Gasteiger partial charge in [0.05, 0.1) is 0 Å². The van der Waals surface area contributed by atoms with Gasteiger partial charge in [-0.05, 0) is 42.8 Å². The Morgan fingerprint density at radius 2 is 1.89 bits per heavy atom. The van der Waals surface area contributed by atoms with E-state index >= 15 is 0 Å². The van der Waals surface area contributed by atoms with Crippen molar-refractivity contribution in [2.75, 3.05) is 6.54 Å². The molecule has 1 nitrogen and oxygen atoms in total. The van der Waals surface area contributed by atoms with Gasteiger partial charge >= 0.3 is 0 Å². The molecule has 1 atom stereocenters. The van der Waals surface area contributed by atoms with Crippen LogP contribution in [0.15, 0.2) is 42.5 Å². The van der Waals surface area contributed by atoms with Crippen LogP contribution in [-0.2, 0) is 0 Å². The lowest BCUT2D eigenvalue weighted by atomic mass is 9.99. The number of benzene rings is 2. The Labute approximate surface area is 112 Å². The molecule has 1 unspecified atom stereocenters. The van der Waals surface area contributed by atoms with E-state index in [9.17, 15) is 8.78 Å². The molecule has 3 heteroatoms. The van der Waals surface area contributed by atoms with Gasteiger partial charge in [0, 0.05) is 17.7 Å². The van der Waals surface area contributed by atoms with Gasteiger partial charge in [-0.2, -0.15) is 0 Å². The molecule has 0 heterocycles. The van der Waals surface area contributed by atoms with Crippen LogP contribution >= 0.6 is 0 Å². The van der Waals surface area contributed by atoms with E-state index < -0.39 is 11.6 Å². The highest BCUT2D eigenvalue weighted by molar-refractivity contribution is 5.65. The van der Waals surface area contributed by atoms with Crippen LogP contribution < -0.4 is 5.32 Å². The van der Waals surface area contributed by atoms with Crippen molar-refractivity contribution < 1.29 is 8.78 Å². The fourth-order valence-electron chi connectivity index (χ4n) is 2.12. The first kappa shape index (κ1) is 13.7. The van der Waals surface area contributed by atoms with E-state index in [0.29, 0.717) is 5.56 Å². The number of hydrogen-bond donors (Lipinski definition) is 1. The van der Waals surface area contributed by atoms with Crippen molar-refractivity contribution in [3.05, 3.63) is 59.7 Å². The summed E-state index contributed by atoms with van der Waals surface area (Å²) in [5.41, 5.74) is 2.27. The minimum atomic E-state index is -0.557. The average molecular weight is 261 g/mol. The largest absolute Gasteiger partial charge is 0.310 e. The highest BCUT2D eigenvalue weighted by atomic mass is 19.1. The molecule has 1 N–H and O–H groups in total. The van der Waals surface area contributed by atoms with Crippen LogP contribution in [-0.4, -0.2) is 6.54 Å². The molecule has 0 saturated heterocycles. The first-order valence-corrected chi connectivity index (χ1v) is 6.40. The molecular weight excluding hydrogens is 244 g/mol. The maximum atomic E-state index is 13.8. The van der Waals surface area contributed by atoms with E-state index in [1.807, 2.05) is 31.2 Å². The monoisotopic (exact) mass is 261 g/mol. The summed E-state index contributed by atoms with van der Waals surface area (Å²) in [6, 6.07) is 11.5. The molecule has 2 aromatic rings. The molecule has 19 heavy (non-hydrogen) atoms. The number of nitrogens with one attached hydrogen (secondary N) is 1.